The molecule has 0 bridgehead atoms. The lowest BCUT2D eigenvalue weighted by Gasteiger charge is -2.40. The van der Waals surface area contributed by atoms with E-state index in [1.807, 2.05) is 6.08 Å². The summed E-state index contributed by atoms with van der Waals surface area (Å²) in [6.07, 6.45) is 54.7. The van der Waals surface area contributed by atoms with Crippen LogP contribution in [0.3, 0.4) is 0 Å². The first-order valence-corrected chi connectivity index (χ1v) is 29.6. The van der Waals surface area contributed by atoms with Crippen LogP contribution in [0.15, 0.2) is 60.8 Å². The third kappa shape index (κ3) is 39.8. The fourth-order valence-electron chi connectivity index (χ4n) is 8.85. The van der Waals surface area contributed by atoms with Gasteiger partial charge in [-0.15, -0.1) is 0 Å². The number of nitrogens with one attached hydrogen (secondary N) is 1. The van der Waals surface area contributed by atoms with Crippen molar-refractivity contribution in [1.82, 2.24) is 5.32 Å². The van der Waals surface area contributed by atoms with E-state index in [-0.39, 0.29) is 18.5 Å². The highest BCUT2D eigenvalue weighted by atomic mass is 16.7. The maximum atomic E-state index is 13.0. The molecule has 1 heterocycles. The highest BCUT2D eigenvalue weighted by Gasteiger charge is 2.44. The van der Waals surface area contributed by atoms with Crippen molar-refractivity contribution >= 4 is 11.9 Å². The van der Waals surface area contributed by atoms with Crippen molar-refractivity contribution in [3.05, 3.63) is 60.8 Å². The number of rotatable bonds is 50. The van der Waals surface area contributed by atoms with Crippen molar-refractivity contribution in [3.63, 3.8) is 0 Å². The van der Waals surface area contributed by atoms with Crippen LogP contribution < -0.4 is 5.32 Å². The SMILES string of the molecule is CCCCC/C=C/CC/C=C/C(O)C(COC1OC(CO)C(O)C(O)C1O)NC(=O)CCCCCCCCCCCC/C=C\C=C/CCCCCOC(=O)CCCCCCC/C=C\CCCCCCCCC. The van der Waals surface area contributed by atoms with E-state index in [9.17, 15) is 35.1 Å². The molecule has 418 valence electrons. The smallest absolute Gasteiger partial charge is 0.305 e. The third-order valence-electron chi connectivity index (χ3n) is 13.6. The van der Waals surface area contributed by atoms with Gasteiger partial charge in [0, 0.05) is 12.8 Å². The molecule has 72 heavy (non-hydrogen) atoms. The Hall–Kier alpha value is -2.64. The van der Waals surface area contributed by atoms with Crippen molar-refractivity contribution in [3.8, 4) is 0 Å². The van der Waals surface area contributed by atoms with Crippen LogP contribution in [0.1, 0.15) is 251 Å². The van der Waals surface area contributed by atoms with Gasteiger partial charge in [0.1, 0.15) is 24.4 Å². The molecule has 11 nitrogen and oxygen atoms in total. The lowest BCUT2D eigenvalue weighted by atomic mass is 9.99. The van der Waals surface area contributed by atoms with E-state index in [0.717, 1.165) is 89.9 Å². The summed E-state index contributed by atoms with van der Waals surface area (Å²) in [6.45, 7) is 4.21. The Morgan fingerprint density at radius 2 is 0.944 bits per heavy atom. The second-order valence-corrected chi connectivity index (χ2v) is 20.4. The standard InChI is InChI=1S/C61H109NO10/c1-3-5-7-9-11-13-14-15-16-23-26-29-33-37-41-45-49-57(66)70-50-46-42-38-34-30-27-24-21-19-17-18-20-22-25-28-32-36-40-44-48-56(65)62-53(54(64)47-43-39-35-31-12-10-8-6-4-2)52-71-61-60(69)59(68)58(67)55(51-63)72-61/h12,16,21,23-24,27,30-31,43,47,53-55,58-61,63-64,67-69H,3-11,13-15,17-20,22,25-26,28-29,32-42,44-46,48-52H2,1-2H3,(H,62,65)/b23-16-,24-21-,30-27-,31-12+,47-43+. The number of aliphatic hydroxyl groups excluding tert-OH is 5. The lowest BCUT2D eigenvalue weighted by molar-refractivity contribution is -0.302. The monoisotopic (exact) mass is 1020 g/mol. The number of amides is 1. The summed E-state index contributed by atoms with van der Waals surface area (Å²) in [7, 11) is 0. The molecule has 1 amide bonds. The molecule has 0 radical (unpaired) electrons. The fraction of sp³-hybridized carbons (Fsp3) is 0.803. The predicted molar refractivity (Wildman–Crippen MR) is 296 cm³/mol. The summed E-state index contributed by atoms with van der Waals surface area (Å²) in [4.78, 5) is 25.0. The molecule has 1 aliphatic rings. The molecule has 0 aromatic rings. The average Bonchev–Trinajstić information content (AvgIpc) is 3.38. The van der Waals surface area contributed by atoms with E-state index in [4.69, 9.17) is 14.2 Å². The van der Waals surface area contributed by atoms with Crippen molar-refractivity contribution in [1.29, 1.82) is 0 Å². The van der Waals surface area contributed by atoms with E-state index in [1.54, 1.807) is 6.08 Å². The molecule has 7 atom stereocenters. The van der Waals surface area contributed by atoms with Gasteiger partial charge in [0.05, 0.1) is 32.0 Å². The van der Waals surface area contributed by atoms with E-state index in [2.05, 4.69) is 67.8 Å². The summed E-state index contributed by atoms with van der Waals surface area (Å²) in [6, 6.07) is -0.835. The number of carbonyl (C=O) groups is 2. The van der Waals surface area contributed by atoms with Gasteiger partial charge < -0.3 is 45.1 Å². The van der Waals surface area contributed by atoms with Gasteiger partial charge in [0.2, 0.25) is 5.91 Å². The molecule has 1 rings (SSSR count). The maximum Gasteiger partial charge on any atom is 0.305 e. The second kappa shape index (κ2) is 50.5. The number of unbranched alkanes of at least 4 members (excludes halogenated alkanes) is 29. The third-order valence-corrected chi connectivity index (χ3v) is 13.6. The number of hydrogen-bond donors (Lipinski definition) is 6. The van der Waals surface area contributed by atoms with Crippen LogP contribution in [0.5, 0.6) is 0 Å². The normalized spacial score (nSPS) is 19.5. The van der Waals surface area contributed by atoms with Gasteiger partial charge in [-0.3, -0.25) is 9.59 Å². The summed E-state index contributed by atoms with van der Waals surface area (Å²) in [5.74, 6) is -0.243. The lowest BCUT2D eigenvalue weighted by Crippen LogP contribution is -2.60. The number of carbonyl (C=O) groups excluding carboxylic acids is 2. The van der Waals surface area contributed by atoms with Crippen molar-refractivity contribution in [2.75, 3.05) is 19.8 Å². The van der Waals surface area contributed by atoms with E-state index in [1.165, 1.54) is 135 Å². The highest BCUT2D eigenvalue weighted by Crippen LogP contribution is 2.23. The Balaban J connectivity index is 2.06. The number of hydrogen-bond acceptors (Lipinski definition) is 10. The van der Waals surface area contributed by atoms with Crippen molar-refractivity contribution in [2.24, 2.45) is 0 Å². The van der Waals surface area contributed by atoms with Crippen LogP contribution >= 0.6 is 0 Å². The van der Waals surface area contributed by atoms with Crippen LogP contribution in [0.4, 0.5) is 0 Å². The van der Waals surface area contributed by atoms with Crippen LogP contribution in [-0.4, -0.2) is 100 Å². The maximum absolute atomic E-state index is 13.0. The van der Waals surface area contributed by atoms with E-state index < -0.39 is 49.5 Å². The van der Waals surface area contributed by atoms with Gasteiger partial charge in [-0.1, -0.05) is 197 Å². The number of aliphatic hydroxyl groups is 5. The van der Waals surface area contributed by atoms with Crippen LogP contribution in [0.25, 0.3) is 0 Å². The minimum Gasteiger partial charge on any atom is -0.466 e. The molecule has 0 spiro atoms. The first-order chi connectivity index (χ1) is 35.2. The van der Waals surface area contributed by atoms with E-state index in [0.29, 0.717) is 19.4 Å². The Bertz CT molecular complexity index is 1380. The molecule has 0 aliphatic carbocycles. The fourth-order valence-corrected chi connectivity index (χ4v) is 8.85. The van der Waals surface area contributed by atoms with Crippen LogP contribution in [-0.2, 0) is 23.8 Å². The number of esters is 1. The van der Waals surface area contributed by atoms with Gasteiger partial charge in [0.15, 0.2) is 6.29 Å². The largest absolute Gasteiger partial charge is 0.466 e. The molecule has 6 N–H and O–H groups in total. The number of ether oxygens (including phenoxy) is 3. The first-order valence-electron chi connectivity index (χ1n) is 29.6. The summed E-state index contributed by atoms with van der Waals surface area (Å²) in [5, 5.41) is 54.1. The average molecular weight is 1020 g/mol. The number of allylic oxidation sites excluding steroid dienone is 9. The van der Waals surface area contributed by atoms with Gasteiger partial charge in [-0.2, -0.15) is 0 Å². The minimum absolute atomic E-state index is 0.0371. The molecular formula is C61H109NO10. The zero-order chi connectivity index (χ0) is 52.4. The summed E-state index contributed by atoms with van der Waals surface area (Å²) < 4.78 is 16.6. The zero-order valence-corrected chi connectivity index (χ0v) is 45.9. The van der Waals surface area contributed by atoms with Crippen LogP contribution in [0.2, 0.25) is 0 Å². The Morgan fingerprint density at radius 1 is 0.514 bits per heavy atom. The van der Waals surface area contributed by atoms with Gasteiger partial charge in [-0.25, -0.2) is 0 Å². The summed E-state index contributed by atoms with van der Waals surface area (Å²) >= 11 is 0. The molecule has 0 saturated carbocycles. The molecule has 1 aliphatic heterocycles. The minimum atomic E-state index is -1.58. The Labute approximate surface area is 439 Å². The highest BCUT2D eigenvalue weighted by molar-refractivity contribution is 5.76. The predicted octanol–water partition coefficient (Wildman–Crippen LogP) is 13.4. The molecule has 1 fully saturated rings. The van der Waals surface area contributed by atoms with Crippen molar-refractivity contribution < 1.29 is 49.3 Å². The Morgan fingerprint density at radius 3 is 1.49 bits per heavy atom. The Kier molecular flexibility index (Phi) is 47.3. The van der Waals surface area contributed by atoms with Gasteiger partial charge in [0.25, 0.3) is 0 Å². The second-order valence-electron chi connectivity index (χ2n) is 20.4. The molecule has 0 aromatic heterocycles. The van der Waals surface area contributed by atoms with E-state index >= 15 is 0 Å². The van der Waals surface area contributed by atoms with Gasteiger partial charge in [-0.05, 0) is 103 Å². The molecule has 0 aromatic carbocycles. The molecular weight excluding hydrogens is 907 g/mol. The van der Waals surface area contributed by atoms with Gasteiger partial charge >= 0.3 is 5.97 Å². The molecule has 1 saturated heterocycles. The quantitative estimate of drug-likeness (QED) is 0.0149. The zero-order valence-electron chi connectivity index (χ0n) is 45.9. The van der Waals surface area contributed by atoms with Crippen LogP contribution in [0, 0.1) is 0 Å². The first kappa shape index (κ1) is 67.4. The summed E-state index contributed by atoms with van der Waals surface area (Å²) in [5.41, 5.74) is 0. The molecule has 7 unspecified atom stereocenters. The topological polar surface area (TPSA) is 175 Å². The molecule has 11 heteroatoms. The van der Waals surface area contributed by atoms with Crippen molar-refractivity contribution in [2.45, 2.75) is 294 Å².